The summed E-state index contributed by atoms with van der Waals surface area (Å²) in [6, 6.07) is 6.24. The summed E-state index contributed by atoms with van der Waals surface area (Å²) in [4.78, 5) is 13.5. The summed E-state index contributed by atoms with van der Waals surface area (Å²) in [7, 11) is -4.05. The van der Waals surface area contributed by atoms with E-state index in [4.69, 9.17) is 0 Å². The van der Waals surface area contributed by atoms with Gasteiger partial charge in [0.2, 0.25) is 0 Å². The van der Waals surface area contributed by atoms with Gasteiger partial charge in [-0.2, -0.15) is 5.10 Å². The van der Waals surface area contributed by atoms with Crippen LogP contribution in [0, 0.1) is 5.82 Å². The molecule has 27 heavy (non-hydrogen) atoms. The van der Waals surface area contributed by atoms with E-state index in [1.165, 1.54) is 27.8 Å². The van der Waals surface area contributed by atoms with Gasteiger partial charge in [-0.15, -0.1) is 0 Å². The topological polar surface area (TPSA) is 84.3 Å². The van der Waals surface area contributed by atoms with Gasteiger partial charge in [0.1, 0.15) is 11.6 Å². The summed E-state index contributed by atoms with van der Waals surface area (Å²) in [5.74, 6) is -4.27. The maximum atomic E-state index is 13.6. The lowest BCUT2D eigenvalue weighted by atomic mass is 10.3. The van der Waals surface area contributed by atoms with E-state index >= 15 is 0 Å². The zero-order chi connectivity index (χ0) is 19.8. The molecule has 0 radical (unpaired) electrons. The maximum absolute atomic E-state index is 13.6. The van der Waals surface area contributed by atoms with Crippen molar-refractivity contribution >= 4 is 21.7 Å². The molecular formula is C16H15F3N4O3S. The first-order chi connectivity index (χ1) is 12.6. The molecule has 1 amide bonds. The normalized spacial score (nSPS) is 16.3. The van der Waals surface area contributed by atoms with Crippen molar-refractivity contribution in [1.29, 1.82) is 0 Å². The van der Waals surface area contributed by atoms with Gasteiger partial charge in [-0.1, -0.05) is 6.58 Å². The minimum atomic E-state index is -4.05. The van der Waals surface area contributed by atoms with Crippen LogP contribution in [0.1, 0.15) is 16.9 Å². The van der Waals surface area contributed by atoms with Crippen LogP contribution in [-0.2, 0) is 10.0 Å². The second-order valence-corrected chi connectivity index (χ2v) is 7.57. The Labute approximate surface area is 153 Å². The second-order valence-electron chi connectivity index (χ2n) is 5.95. The smallest absolute Gasteiger partial charge is 0.285 e. The molecule has 0 aliphatic carbocycles. The molecule has 11 heteroatoms. The third-order valence-corrected chi connectivity index (χ3v) is 4.85. The zero-order valence-electron chi connectivity index (χ0n) is 13.9. The minimum absolute atomic E-state index is 0.0197. The van der Waals surface area contributed by atoms with E-state index in [9.17, 15) is 26.4 Å². The van der Waals surface area contributed by atoms with Crippen LogP contribution >= 0.6 is 0 Å². The Morgan fingerprint density at radius 1 is 1.30 bits per heavy atom. The Morgan fingerprint density at radius 2 is 1.96 bits per heavy atom. The molecular weight excluding hydrogens is 385 g/mol. The molecule has 0 saturated carbocycles. The second kappa shape index (κ2) is 6.72. The van der Waals surface area contributed by atoms with Crippen molar-refractivity contribution in [2.24, 2.45) is 0 Å². The SMILES string of the molecule is C=CS(=O)(=O)NC(=O)c1cc(N2CCC(F)(F)C2)n(-c2ccc(F)cc2)n1. The lowest BCUT2D eigenvalue weighted by molar-refractivity contribution is 0.0256. The highest BCUT2D eigenvalue weighted by Crippen LogP contribution is 2.32. The zero-order valence-corrected chi connectivity index (χ0v) is 14.7. The number of carbonyl (C=O) groups is 1. The van der Waals surface area contributed by atoms with Gasteiger partial charge >= 0.3 is 0 Å². The minimum Gasteiger partial charge on any atom is -0.350 e. The van der Waals surface area contributed by atoms with Gasteiger partial charge in [-0.05, 0) is 24.3 Å². The van der Waals surface area contributed by atoms with E-state index in [1.54, 1.807) is 4.72 Å². The Morgan fingerprint density at radius 3 is 2.52 bits per heavy atom. The number of rotatable bonds is 5. The number of halogens is 3. The Kier molecular flexibility index (Phi) is 4.72. The number of hydrogen-bond acceptors (Lipinski definition) is 5. The molecule has 1 aromatic carbocycles. The van der Waals surface area contributed by atoms with Crippen molar-refractivity contribution in [3.63, 3.8) is 0 Å². The molecule has 2 heterocycles. The van der Waals surface area contributed by atoms with Gasteiger partial charge in [0.25, 0.3) is 21.9 Å². The monoisotopic (exact) mass is 400 g/mol. The van der Waals surface area contributed by atoms with Crippen LogP contribution < -0.4 is 9.62 Å². The van der Waals surface area contributed by atoms with E-state index in [2.05, 4.69) is 11.7 Å². The van der Waals surface area contributed by atoms with Crippen LogP contribution in [0.3, 0.4) is 0 Å². The molecule has 3 rings (SSSR count). The Hall–Kier alpha value is -2.82. The number of alkyl halides is 2. The van der Waals surface area contributed by atoms with Gasteiger partial charge in [-0.3, -0.25) is 4.79 Å². The fourth-order valence-electron chi connectivity index (χ4n) is 2.63. The van der Waals surface area contributed by atoms with E-state index in [0.29, 0.717) is 11.1 Å². The fraction of sp³-hybridized carbons (Fsp3) is 0.250. The molecule has 1 N–H and O–H groups in total. The number of anilines is 1. The van der Waals surface area contributed by atoms with Gasteiger partial charge in [0, 0.05) is 24.4 Å². The largest absolute Gasteiger partial charge is 0.350 e. The molecule has 1 aliphatic heterocycles. The van der Waals surface area contributed by atoms with E-state index in [0.717, 1.165) is 12.1 Å². The van der Waals surface area contributed by atoms with Crippen molar-refractivity contribution in [1.82, 2.24) is 14.5 Å². The van der Waals surface area contributed by atoms with Gasteiger partial charge in [-0.25, -0.2) is 31.0 Å². The average molecular weight is 400 g/mol. The molecule has 1 saturated heterocycles. The van der Waals surface area contributed by atoms with Crippen molar-refractivity contribution in [2.75, 3.05) is 18.0 Å². The van der Waals surface area contributed by atoms with Gasteiger partial charge in [0.05, 0.1) is 12.2 Å². The number of sulfonamides is 1. The third-order valence-electron chi connectivity index (χ3n) is 3.94. The summed E-state index contributed by atoms with van der Waals surface area (Å²) >= 11 is 0. The van der Waals surface area contributed by atoms with Crippen LogP contribution in [0.2, 0.25) is 0 Å². The summed E-state index contributed by atoms with van der Waals surface area (Å²) in [5.41, 5.74) is 0.0298. The molecule has 0 unspecified atom stereocenters. The van der Waals surface area contributed by atoms with Crippen molar-refractivity contribution in [3.8, 4) is 5.69 Å². The summed E-state index contributed by atoms with van der Waals surface area (Å²) in [5, 5.41) is 4.58. The van der Waals surface area contributed by atoms with Crippen molar-refractivity contribution in [2.45, 2.75) is 12.3 Å². The van der Waals surface area contributed by atoms with E-state index in [1.807, 2.05) is 0 Å². The molecule has 1 fully saturated rings. The van der Waals surface area contributed by atoms with E-state index in [-0.39, 0.29) is 24.5 Å². The van der Waals surface area contributed by atoms with Gasteiger partial charge < -0.3 is 4.90 Å². The molecule has 2 aromatic rings. The molecule has 0 spiro atoms. The number of carbonyl (C=O) groups excluding carboxylic acids is 1. The molecule has 7 nitrogen and oxygen atoms in total. The Balaban J connectivity index is 2.02. The third kappa shape index (κ3) is 4.13. The van der Waals surface area contributed by atoms with Gasteiger partial charge in [0.15, 0.2) is 5.69 Å². The summed E-state index contributed by atoms with van der Waals surface area (Å²) in [6.07, 6.45) is -0.367. The van der Waals surface area contributed by atoms with Crippen molar-refractivity contribution < 1.29 is 26.4 Å². The molecule has 1 aliphatic rings. The van der Waals surface area contributed by atoms with Crippen LogP contribution in [0.4, 0.5) is 19.0 Å². The predicted octanol–water partition coefficient (Wildman–Crippen LogP) is 2.06. The van der Waals surface area contributed by atoms with Crippen LogP contribution in [0.15, 0.2) is 42.3 Å². The molecule has 144 valence electrons. The lowest BCUT2D eigenvalue weighted by Crippen LogP contribution is -2.29. The highest BCUT2D eigenvalue weighted by atomic mass is 32.2. The molecule has 1 aromatic heterocycles. The average Bonchev–Trinajstić information content (AvgIpc) is 3.18. The number of nitrogens with zero attached hydrogens (tertiary/aromatic N) is 3. The first kappa shape index (κ1) is 19.0. The van der Waals surface area contributed by atoms with Crippen LogP contribution in [0.5, 0.6) is 0 Å². The first-order valence-electron chi connectivity index (χ1n) is 7.79. The number of benzene rings is 1. The Bertz CT molecular complexity index is 987. The summed E-state index contributed by atoms with van der Waals surface area (Å²) in [6.45, 7) is 2.52. The van der Waals surface area contributed by atoms with E-state index < -0.39 is 34.2 Å². The number of hydrogen-bond donors (Lipinski definition) is 1. The standard InChI is InChI=1S/C16H15F3N4O3S/c1-2-27(25,26)21-15(24)13-9-14(22-8-7-16(18,19)10-22)23(20-13)12-5-3-11(17)4-6-12/h2-6,9H,1,7-8,10H2,(H,21,24). The van der Waals surface area contributed by atoms with Crippen LogP contribution in [-0.4, -0.2) is 43.1 Å². The van der Waals surface area contributed by atoms with Crippen molar-refractivity contribution in [3.05, 3.63) is 53.8 Å². The quantitative estimate of drug-likeness (QED) is 0.831. The number of amides is 1. The fourth-order valence-corrected chi connectivity index (χ4v) is 3.08. The number of aromatic nitrogens is 2. The van der Waals surface area contributed by atoms with Crippen LogP contribution in [0.25, 0.3) is 5.69 Å². The summed E-state index contributed by atoms with van der Waals surface area (Å²) < 4.78 is 66.3. The highest BCUT2D eigenvalue weighted by Gasteiger charge is 2.40. The maximum Gasteiger partial charge on any atom is 0.285 e. The first-order valence-corrected chi connectivity index (χ1v) is 9.33. The number of nitrogens with one attached hydrogen (secondary N) is 1. The lowest BCUT2D eigenvalue weighted by Gasteiger charge is -2.19. The highest BCUT2D eigenvalue weighted by molar-refractivity contribution is 7.92. The molecule has 0 bridgehead atoms. The molecule has 0 atom stereocenters. The predicted molar refractivity (Wildman–Crippen MR) is 91.9 cm³/mol.